The molecule has 11 heteroatoms. The Labute approximate surface area is 169 Å². The van der Waals surface area contributed by atoms with Gasteiger partial charge in [0, 0.05) is 17.2 Å². The molecule has 4 unspecified atom stereocenters. The number of fused-ring (bicyclic) bond motifs is 2. The van der Waals surface area contributed by atoms with E-state index in [2.05, 4.69) is 5.90 Å². The summed E-state index contributed by atoms with van der Waals surface area (Å²) in [4.78, 5) is 12.6. The maximum absolute atomic E-state index is 13.5. The highest BCUT2D eigenvalue weighted by Gasteiger charge is 2.51. The molecule has 7 nitrogen and oxygen atoms in total. The first-order chi connectivity index (χ1) is 13.7. The number of carbonyl (C=O) groups excluding carboxylic acids is 1. The monoisotopic (exact) mass is 438 g/mol. The van der Waals surface area contributed by atoms with Crippen molar-refractivity contribution in [1.29, 1.82) is 0 Å². The van der Waals surface area contributed by atoms with E-state index in [1.807, 2.05) is 0 Å². The number of halogens is 4. The number of quaternary nitrogens is 1. The summed E-state index contributed by atoms with van der Waals surface area (Å²) in [7, 11) is 0. The zero-order valence-electron chi connectivity index (χ0n) is 15.4. The highest BCUT2D eigenvalue weighted by molar-refractivity contribution is 6.30. The van der Waals surface area contributed by atoms with Crippen LogP contribution in [-0.4, -0.2) is 55.0 Å². The minimum Gasteiger partial charge on any atom is -0.475 e. The second-order valence-corrected chi connectivity index (χ2v) is 7.16. The van der Waals surface area contributed by atoms with Crippen LogP contribution in [0.2, 0.25) is 5.02 Å². The Kier molecular flexibility index (Phi) is 6.39. The number of alkyl halides is 3. The fourth-order valence-corrected chi connectivity index (χ4v) is 3.88. The maximum Gasteiger partial charge on any atom is 0.430 e. The van der Waals surface area contributed by atoms with Crippen molar-refractivity contribution >= 4 is 23.6 Å². The Bertz CT molecular complexity index is 816. The number of hydrogen-bond donors (Lipinski definition) is 2. The van der Waals surface area contributed by atoms with Crippen LogP contribution >= 0.6 is 11.6 Å². The molecule has 4 atom stereocenters. The Balaban J connectivity index is 0.00000117. The lowest BCUT2D eigenvalue weighted by Crippen LogP contribution is -2.42. The molecule has 1 aromatic rings. The Morgan fingerprint density at radius 1 is 1.31 bits per heavy atom. The van der Waals surface area contributed by atoms with Crippen LogP contribution in [0.4, 0.5) is 13.2 Å². The molecule has 160 valence electrons. The van der Waals surface area contributed by atoms with Crippen molar-refractivity contribution in [3.05, 3.63) is 33.9 Å². The molecule has 0 aromatic heterocycles. The van der Waals surface area contributed by atoms with Crippen LogP contribution in [-0.2, 0) is 19.0 Å². The van der Waals surface area contributed by atoms with Crippen molar-refractivity contribution in [2.75, 3.05) is 13.2 Å². The van der Waals surface area contributed by atoms with Crippen molar-refractivity contribution in [3.8, 4) is 5.75 Å². The Morgan fingerprint density at radius 2 is 2.03 bits per heavy atom. The fourth-order valence-electron chi connectivity index (χ4n) is 3.59. The zero-order chi connectivity index (χ0) is 21.3. The second kappa shape index (κ2) is 8.49. The number of aryl methyl sites for hydroxylation is 1. The van der Waals surface area contributed by atoms with Crippen LogP contribution in [0.1, 0.15) is 17.5 Å². The van der Waals surface area contributed by atoms with Crippen LogP contribution in [0.5, 0.6) is 5.75 Å². The lowest BCUT2D eigenvalue weighted by Gasteiger charge is -2.29. The summed E-state index contributed by atoms with van der Waals surface area (Å²) in [6, 6.07) is 2.94. The molecule has 0 spiro atoms. The molecule has 4 N–H and O–H groups in total. The van der Waals surface area contributed by atoms with E-state index < -0.39 is 36.0 Å². The van der Waals surface area contributed by atoms with Gasteiger partial charge in [-0.2, -0.15) is 13.2 Å². The first-order valence-electron chi connectivity index (χ1n) is 8.75. The molecule has 0 aliphatic carbocycles. The lowest BCUT2D eigenvalue weighted by atomic mass is 9.99. The number of ether oxygens (including phenoxy) is 4. The summed E-state index contributed by atoms with van der Waals surface area (Å²) in [5.41, 5.74) is 0.116. The predicted molar refractivity (Wildman–Crippen MR) is 93.3 cm³/mol. The van der Waals surface area contributed by atoms with Gasteiger partial charge in [0.25, 0.3) is 0 Å². The maximum atomic E-state index is 13.5. The topological polar surface area (TPSA) is 102 Å². The van der Waals surface area contributed by atoms with Gasteiger partial charge in [-0.25, -0.2) is 15.9 Å². The number of rotatable bonds is 2. The first-order valence-corrected chi connectivity index (χ1v) is 9.13. The van der Waals surface area contributed by atoms with Crippen LogP contribution < -0.4 is 10.6 Å². The molecular formula is C18H20ClF3NO6+. The molecule has 1 aromatic carbocycles. The van der Waals surface area contributed by atoms with Crippen molar-refractivity contribution in [3.63, 3.8) is 0 Å². The normalized spacial score (nSPS) is 27.8. The highest BCUT2D eigenvalue weighted by Crippen LogP contribution is 2.41. The molecule has 3 aliphatic heterocycles. The van der Waals surface area contributed by atoms with E-state index in [1.54, 1.807) is 6.92 Å². The number of carbonyl (C=O) groups is 1. The van der Waals surface area contributed by atoms with Crippen molar-refractivity contribution in [1.82, 2.24) is 0 Å². The average molecular weight is 439 g/mol. The summed E-state index contributed by atoms with van der Waals surface area (Å²) in [5, 5.41) is 7.08. The van der Waals surface area contributed by atoms with Gasteiger partial charge in [-0.15, -0.1) is 0 Å². The third kappa shape index (κ3) is 4.36. The number of esters is 1. The van der Waals surface area contributed by atoms with E-state index in [0.717, 1.165) is 6.08 Å². The SMILES string of the molecule is Cc1cc(Cl)cc2c1OC(C(F)(F)F)C(C(=O)OC1COC3CCOC31)=C2.[NH3+]O. The second-order valence-electron chi connectivity index (χ2n) is 6.72. The quantitative estimate of drug-likeness (QED) is 0.541. The van der Waals surface area contributed by atoms with Crippen LogP contribution in [0.25, 0.3) is 6.08 Å². The summed E-state index contributed by atoms with van der Waals surface area (Å²) in [6.45, 7) is 2.14. The molecule has 0 bridgehead atoms. The molecular weight excluding hydrogens is 419 g/mol. The van der Waals surface area contributed by atoms with Gasteiger partial charge in [0.2, 0.25) is 6.10 Å². The smallest absolute Gasteiger partial charge is 0.430 e. The molecule has 0 radical (unpaired) electrons. The molecule has 2 fully saturated rings. The van der Waals surface area contributed by atoms with E-state index in [9.17, 15) is 18.0 Å². The molecule has 0 saturated carbocycles. The van der Waals surface area contributed by atoms with E-state index in [0.29, 0.717) is 29.2 Å². The lowest BCUT2D eigenvalue weighted by molar-refractivity contribution is -0.670. The minimum atomic E-state index is -4.78. The molecule has 29 heavy (non-hydrogen) atoms. The summed E-state index contributed by atoms with van der Waals surface area (Å²) in [6.07, 6.45) is -6.80. The standard InChI is InChI=1S/C18H16ClF3O5.H4NO/c1-8-4-10(19)5-9-6-11(16(18(20,21)22)27-14(8)9)17(23)26-13-7-25-12-2-3-24-15(12)13;1-2/h4-6,12-13,15-16H,2-3,7H2,1H3;2H,1H3/q;+1. The fraction of sp³-hybridized carbons (Fsp3) is 0.500. The summed E-state index contributed by atoms with van der Waals surface area (Å²) >= 11 is 5.98. The van der Waals surface area contributed by atoms with Crippen LogP contribution in [0, 0.1) is 6.92 Å². The summed E-state index contributed by atoms with van der Waals surface area (Å²) < 4.78 is 62.0. The number of hydrogen-bond acceptors (Lipinski definition) is 6. The third-order valence-corrected chi connectivity index (χ3v) is 5.03. The van der Waals surface area contributed by atoms with E-state index in [-0.39, 0.29) is 18.5 Å². The van der Waals surface area contributed by atoms with Gasteiger partial charge in [0.1, 0.15) is 11.9 Å². The molecule has 4 rings (SSSR count). The van der Waals surface area contributed by atoms with Crippen molar-refractivity contribution < 1.29 is 48.0 Å². The van der Waals surface area contributed by atoms with Gasteiger partial charge >= 0.3 is 12.1 Å². The largest absolute Gasteiger partial charge is 0.475 e. The molecule has 3 aliphatic rings. The van der Waals surface area contributed by atoms with E-state index >= 15 is 0 Å². The van der Waals surface area contributed by atoms with Gasteiger partial charge in [-0.05, 0) is 37.1 Å². The van der Waals surface area contributed by atoms with Gasteiger partial charge in [-0.1, -0.05) is 11.6 Å². The third-order valence-electron chi connectivity index (χ3n) is 4.81. The Hall–Kier alpha value is -1.85. The van der Waals surface area contributed by atoms with Gasteiger partial charge in [-0.3, -0.25) is 0 Å². The first kappa shape index (κ1) is 21.8. The van der Waals surface area contributed by atoms with Gasteiger partial charge in [0.15, 0.2) is 6.10 Å². The highest BCUT2D eigenvalue weighted by atomic mass is 35.5. The van der Waals surface area contributed by atoms with Crippen LogP contribution in [0.15, 0.2) is 17.7 Å². The van der Waals surface area contributed by atoms with E-state index in [1.165, 1.54) is 12.1 Å². The predicted octanol–water partition coefficient (Wildman–Crippen LogP) is 2.07. The van der Waals surface area contributed by atoms with E-state index in [4.69, 9.17) is 35.8 Å². The molecule has 0 amide bonds. The van der Waals surface area contributed by atoms with Crippen molar-refractivity contribution in [2.45, 2.75) is 43.9 Å². The average Bonchev–Trinajstić information content (AvgIpc) is 3.26. The number of benzene rings is 1. The van der Waals surface area contributed by atoms with Crippen molar-refractivity contribution in [2.24, 2.45) is 0 Å². The molecule has 3 heterocycles. The Morgan fingerprint density at radius 3 is 2.72 bits per heavy atom. The minimum absolute atomic E-state index is 0.0432. The summed E-state index contributed by atoms with van der Waals surface area (Å²) in [5.74, 6) is 1.19. The zero-order valence-corrected chi connectivity index (χ0v) is 16.1. The molecule has 2 saturated heterocycles. The van der Waals surface area contributed by atoms with Gasteiger partial charge in [0.05, 0.1) is 18.3 Å². The van der Waals surface area contributed by atoms with Gasteiger partial charge < -0.3 is 18.9 Å². The van der Waals surface area contributed by atoms with Crippen LogP contribution in [0.3, 0.4) is 0 Å².